The molecule has 0 spiro atoms. The molecule has 0 unspecified atom stereocenters. The molecule has 0 fully saturated rings. The van der Waals surface area contributed by atoms with Crippen molar-refractivity contribution in [2.45, 2.75) is 6.92 Å². The summed E-state index contributed by atoms with van der Waals surface area (Å²) in [4.78, 5) is 22.9. The number of rotatable bonds is 3. The van der Waals surface area contributed by atoms with Crippen LogP contribution in [0.2, 0.25) is 0 Å². The minimum Gasteiger partial charge on any atom is -0.503 e. The van der Waals surface area contributed by atoms with Crippen molar-refractivity contribution >= 4 is 12.0 Å². The zero-order chi connectivity index (χ0) is 15.4. The fraction of sp³-hybridized carbons (Fsp3) is 0.0667. The number of pyridine rings is 1. The van der Waals surface area contributed by atoms with Crippen LogP contribution in [0, 0.1) is 12.7 Å². The van der Waals surface area contributed by atoms with Crippen LogP contribution in [0.4, 0.5) is 4.39 Å². The van der Waals surface area contributed by atoms with Gasteiger partial charge in [-0.15, -0.1) is 0 Å². The first-order valence-corrected chi connectivity index (χ1v) is 6.13. The molecule has 1 aromatic heterocycles. The molecule has 0 atom stereocenters. The Balaban J connectivity index is 2.10. The van der Waals surface area contributed by atoms with E-state index in [1.54, 1.807) is 0 Å². The molecule has 2 rings (SSSR count). The average Bonchev–Trinajstić information content (AvgIpc) is 2.47. The van der Waals surface area contributed by atoms with E-state index in [4.69, 9.17) is 0 Å². The molecule has 6 heteroatoms. The molecule has 1 amide bonds. The van der Waals surface area contributed by atoms with E-state index in [0.717, 1.165) is 6.07 Å². The summed E-state index contributed by atoms with van der Waals surface area (Å²) < 4.78 is 14.0. The highest BCUT2D eigenvalue weighted by Gasteiger charge is 2.06. The molecule has 0 aliphatic rings. The van der Waals surface area contributed by atoms with Crippen LogP contribution in [0.1, 0.15) is 11.3 Å². The van der Waals surface area contributed by atoms with Crippen molar-refractivity contribution in [3.8, 4) is 5.75 Å². The molecule has 2 aromatic rings. The molecule has 2 N–H and O–H groups in total. The summed E-state index contributed by atoms with van der Waals surface area (Å²) in [6, 6.07) is 6.81. The molecule has 0 saturated carbocycles. The summed E-state index contributed by atoms with van der Waals surface area (Å²) in [5, 5.41) is 9.50. The topological polar surface area (TPSA) is 71.3 Å². The van der Waals surface area contributed by atoms with E-state index in [1.165, 1.54) is 54.2 Å². The van der Waals surface area contributed by atoms with E-state index in [2.05, 4.69) is 5.43 Å². The number of nitrogens with zero attached hydrogens (tertiary/aromatic N) is 1. The lowest BCUT2D eigenvalue weighted by atomic mass is 10.2. The highest BCUT2D eigenvalue weighted by Crippen LogP contribution is 2.08. The zero-order valence-electron chi connectivity index (χ0n) is 11.2. The van der Waals surface area contributed by atoms with Crippen molar-refractivity contribution in [2.24, 2.45) is 0 Å². The summed E-state index contributed by atoms with van der Waals surface area (Å²) in [6.07, 6.45) is 4.13. The van der Waals surface area contributed by atoms with Gasteiger partial charge in [-0.25, -0.2) is 4.39 Å². The lowest BCUT2D eigenvalue weighted by Gasteiger charge is -2.11. The molecule has 0 radical (unpaired) electrons. The van der Waals surface area contributed by atoms with E-state index in [1.807, 2.05) is 0 Å². The van der Waals surface area contributed by atoms with E-state index < -0.39 is 17.1 Å². The molecule has 108 valence electrons. The monoisotopic (exact) mass is 288 g/mol. The molecule has 0 aliphatic carbocycles. The Morgan fingerprint density at radius 1 is 1.29 bits per heavy atom. The van der Waals surface area contributed by atoms with Crippen LogP contribution in [0.3, 0.4) is 0 Å². The number of hydrogen-bond acceptors (Lipinski definition) is 3. The first kappa shape index (κ1) is 14.5. The molecule has 0 saturated heterocycles. The number of amides is 1. The van der Waals surface area contributed by atoms with Crippen LogP contribution in [-0.2, 0) is 4.79 Å². The highest BCUT2D eigenvalue weighted by molar-refractivity contribution is 5.97. The van der Waals surface area contributed by atoms with Crippen molar-refractivity contribution in [3.63, 3.8) is 0 Å². The smallest absolute Gasteiger partial charge is 0.262 e. The van der Waals surface area contributed by atoms with E-state index >= 15 is 0 Å². The van der Waals surface area contributed by atoms with Gasteiger partial charge in [-0.2, -0.15) is 0 Å². The number of halogens is 1. The van der Waals surface area contributed by atoms with E-state index in [9.17, 15) is 19.1 Å². The Kier molecular flexibility index (Phi) is 4.18. The van der Waals surface area contributed by atoms with E-state index in [0.29, 0.717) is 5.56 Å². The summed E-state index contributed by atoms with van der Waals surface area (Å²) in [6.45, 7) is 1.50. The van der Waals surface area contributed by atoms with Crippen LogP contribution >= 0.6 is 0 Å². The van der Waals surface area contributed by atoms with Gasteiger partial charge in [-0.3, -0.25) is 19.7 Å². The van der Waals surface area contributed by atoms with Crippen molar-refractivity contribution in [3.05, 3.63) is 69.9 Å². The van der Waals surface area contributed by atoms with Gasteiger partial charge in [0.25, 0.3) is 5.91 Å². The second-order valence-corrected chi connectivity index (χ2v) is 4.34. The number of aromatic nitrogens is 1. The predicted octanol–water partition coefficient (Wildman–Crippen LogP) is 1.78. The van der Waals surface area contributed by atoms with Gasteiger partial charge in [-0.05, 0) is 30.7 Å². The summed E-state index contributed by atoms with van der Waals surface area (Å²) in [5.74, 6) is -1.22. The third-order valence-electron chi connectivity index (χ3n) is 2.84. The van der Waals surface area contributed by atoms with Gasteiger partial charge >= 0.3 is 0 Å². The average molecular weight is 288 g/mol. The van der Waals surface area contributed by atoms with Gasteiger partial charge in [0.15, 0.2) is 5.75 Å². The SMILES string of the molecule is Cc1c(O)c(=O)ccn1NC(=O)/C=C/c1ccc(F)cc1. The number of aromatic hydroxyl groups is 1. The standard InChI is InChI=1S/C15H13FN2O3/c1-10-15(21)13(19)8-9-18(10)17-14(20)7-4-11-2-5-12(16)6-3-11/h2-9,21H,1H3,(H,17,20)/b7-4+. The third kappa shape index (κ3) is 3.56. The third-order valence-corrected chi connectivity index (χ3v) is 2.84. The Labute approximate surface area is 119 Å². The number of carbonyl (C=O) groups is 1. The quantitative estimate of drug-likeness (QED) is 0.846. The first-order chi connectivity index (χ1) is 9.97. The van der Waals surface area contributed by atoms with Crippen LogP contribution in [-0.4, -0.2) is 15.7 Å². The second-order valence-electron chi connectivity index (χ2n) is 4.34. The fourth-order valence-electron chi connectivity index (χ4n) is 1.65. The van der Waals surface area contributed by atoms with Crippen molar-refractivity contribution in [2.75, 3.05) is 5.43 Å². The van der Waals surface area contributed by atoms with Gasteiger partial charge in [-0.1, -0.05) is 12.1 Å². The first-order valence-electron chi connectivity index (χ1n) is 6.13. The highest BCUT2D eigenvalue weighted by atomic mass is 19.1. The molecular weight excluding hydrogens is 275 g/mol. The lowest BCUT2D eigenvalue weighted by Crippen LogP contribution is -2.24. The zero-order valence-corrected chi connectivity index (χ0v) is 11.2. The fourth-order valence-corrected chi connectivity index (χ4v) is 1.65. The van der Waals surface area contributed by atoms with Crippen LogP contribution in [0.15, 0.2) is 47.4 Å². The summed E-state index contributed by atoms with van der Waals surface area (Å²) in [5.41, 5.74) is 2.86. The maximum Gasteiger partial charge on any atom is 0.262 e. The Morgan fingerprint density at radius 3 is 2.62 bits per heavy atom. The maximum absolute atomic E-state index is 12.7. The minimum atomic E-state index is -0.514. The second kappa shape index (κ2) is 6.04. The Morgan fingerprint density at radius 2 is 1.95 bits per heavy atom. The predicted molar refractivity (Wildman–Crippen MR) is 76.9 cm³/mol. The molecule has 1 heterocycles. The van der Waals surface area contributed by atoms with Gasteiger partial charge in [0.05, 0.1) is 5.69 Å². The van der Waals surface area contributed by atoms with E-state index in [-0.39, 0.29) is 11.5 Å². The van der Waals surface area contributed by atoms with Gasteiger partial charge in [0.1, 0.15) is 5.82 Å². The number of carbonyl (C=O) groups excluding carboxylic acids is 1. The molecule has 0 bridgehead atoms. The van der Waals surface area contributed by atoms with Crippen LogP contribution < -0.4 is 10.9 Å². The number of benzene rings is 1. The Hall–Kier alpha value is -2.89. The van der Waals surface area contributed by atoms with Gasteiger partial charge < -0.3 is 5.11 Å². The van der Waals surface area contributed by atoms with Crippen molar-refractivity contribution < 1.29 is 14.3 Å². The van der Waals surface area contributed by atoms with Crippen molar-refractivity contribution in [1.29, 1.82) is 0 Å². The van der Waals surface area contributed by atoms with Gasteiger partial charge in [0.2, 0.25) is 5.43 Å². The normalized spacial score (nSPS) is 10.8. The number of nitrogens with one attached hydrogen (secondary N) is 1. The van der Waals surface area contributed by atoms with Crippen LogP contribution in [0.5, 0.6) is 5.75 Å². The van der Waals surface area contributed by atoms with Gasteiger partial charge in [0, 0.05) is 18.3 Å². The molecule has 0 aliphatic heterocycles. The van der Waals surface area contributed by atoms with Crippen LogP contribution in [0.25, 0.3) is 6.08 Å². The largest absolute Gasteiger partial charge is 0.503 e. The lowest BCUT2D eigenvalue weighted by molar-refractivity contribution is -0.112. The summed E-state index contributed by atoms with van der Waals surface area (Å²) in [7, 11) is 0. The van der Waals surface area contributed by atoms with Crippen molar-refractivity contribution in [1.82, 2.24) is 4.68 Å². The number of hydrogen-bond donors (Lipinski definition) is 2. The maximum atomic E-state index is 12.7. The molecule has 5 nitrogen and oxygen atoms in total. The Bertz CT molecular complexity index is 749. The minimum absolute atomic E-state index is 0.228. The molecule has 1 aromatic carbocycles. The molecular formula is C15H13FN2O3. The summed E-state index contributed by atoms with van der Waals surface area (Å²) >= 11 is 0. The molecule has 21 heavy (non-hydrogen) atoms.